The van der Waals surface area contributed by atoms with Gasteiger partial charge in [-0.15, -0.1) is 0 Å². The van der Waals surface area contributed by atoms with Gasteiger partial charge in [0.05, 0.1) is 19.1 Å². The van der Waals surface area contributed by atoms with Crippen molar-refractivity contribution in [2.75, 3.05) is 24.2 Å². The van der Waals surface area contributed by atoms with Crippen LogP contribution < -0.4 is 14.4 Å². The SMILES string of the molecule is COc1cccc(CN(C(=O)CCCN(c2ccc(C)c(C)c2)S(C)(=O)=O)C(C)C(=O)NC2CCCCC2)c1. The highest BCUT2D eigenvalue weighted by atomic mass is 32.2. The Morgan fingerprint density at radius 1 is 1.05 bits per heavy atom. The second-order valence-electron chi connectivity index (χ2n) is 10.6. The molecule has 1 saturated carbocycles. The third kappa shape index (κ3) is 8.71. The average Bonchev–Trinajstić information content (AvgIpc) is 2.91. The van der Waals surface area contributed by atoms with E-state index in [1.54, 1.807) is 25.0 Å². The number of nitrogens with one attached hydrogen (secondary N) is 1. The minimum Gasteiger partial charge on any atom is -0.497 e. The molecule has 0 saturated heterocycles. The maximum Gasteiger partial charge on any atom is 0.242 e. The fraction of sp³-hybridized carbons (Fsp3) is 0.533. The van der Waals surface area contributed by atoms with Crippen molar-refractivity contribution in [1.29, 1.82) is 0 Å². The van der Waals surface area contributed by atoms with E-state index in [-0.39, 0.29) is 37.4 Å². The quantitative estimate of drug-likeness (QED) is 0.407. The molecule has 2 amide bonds. The van der Waals surface area contributed by atoms with Crippen molar-refractivity contribution < 1.29 is 22.7 Å². The highest BCUT2D eigenvalue weighted by molar-refractivity contribution is 7.92. The smallest absolute Gasteiger partial charge is 0.242 e. The van der Waals surface area contributed by atoms with E-state index in [4.69, 9.17) is 4.74 Å². The van der Waals surface area contributed by atoms with Crippen LogP contribution >= 0.6 is 0 Å². The fourth-order valence-electron chi connectivity index (χ4n) is 5.00. The van der Waals surface area contributed by atoms with Crippen LogP contribution in [-0.4, -0.2) is 57.1 Å². The maximum atomic E-state index is 13.6. The normalized spacial score (nSPS) is 14.9. The average molecular weight is 558 g/mol. The summed E-state index contributed by atoms with van der Waals surface area (Å²) in [6.07, 6.45) is 6.93. The van der Waals surface area contributed by atoms with Crippen LogP contribution in [0.15, 0.2) is 42.5 Å². The molecule has 3 rings (SSSR count). The second kappa shape index (κ2) is 13.8. The van der Waals surface area contributed by atoms with E-state index < -0.39 is 16.1 Å². The highest BCUT2D eigenvalue weighted by Gasteiger charge is 2.28. The third-order valence-electron chi connectivity index (χ3n) is 7.54. The Kier molecular flexibility index (Phi) is 10.8. The number of aryl methyl sites for hydroxylation is 2. The maximum absolute atomic E-state index is 13.6. The molecule has 0 aliphatic heterocycles. The van der Waals surface area contributed by atoms with E-state index in [1.165, 1.54) is 17.0 Å². The number of hydrogen-bond acceptors (Lipinski definition) is 5. The summed E-state index contributed by atoms with van der Waals surface area (Å²) < 4.78 is 31.9. The van der Waals surface area contributed by atoms with Gasteiger partial charge in [-0.2, -0.15) is 0 Å². The highest BCUT2D eigenvalue weighted by Crippen LogP contribution is 2.23. The fourth-order valence-corrected chi connectivity index (χ4v) is 5.96. The van der Waals surface area contributed by atoms with Gasteiger partial charge in [-0.25, -0.2) is 8.42 Å². The summed E-state index contributed by atoms with van der Waals surface area (Å²) >= 11 is 0. The van der Waals surface area contributed by atoms with Crippen LogP contribution in [0.25, 0.3) is 0 Å². The third-order valence-corrected chi connectivity index (χ3v) is 8.73. The molecule has 0 spiro atoms. The number of rotatable bonds is 12. The standard InChI is InChI=1S/C30H43N3O5S/c1-22-16-17-27(19-23(22)2)33(39(5,36)37)18-10-15-29(34)32(21-25-11-9-14-28(20-25)38-4)24(3)30(35)31-26-12-7-6-8-13-26/h9,11,14,16-17,19-20,24,26H,6-8,10,12-13,15,18,21H2,1-5H3,(H,31,35). The molecule has 0 bridgehead atoms. The van der Waals surface area contributed by atoms with Gasteiger partial charge in [0.25, 0.3) is 0 Å². The summed E-state index contributed by atoms with van der Waals surface area (Å²) in [6.45, 7) is 6.10. The van der Waals surface area contributed by atoms with Crippen molar-refractivity contribution in [1.82, 2.24) is 10.2 Å². The first-order valence-electron chi connectivity index (χ1n) is 13.8. The molecule has 1 N–H and O–H groups in total. The molecule has 1 fully saturated rings. The lowest BCUT2D eigenvalue weighted by atomic mass is 9.95. The summed E-state index contributed by atoms with van der Waals surface area (Å²) in [7, 11) is -1.95. The number of methoxy groups -OCH3 is 1. The van der Waals surface area contributed by atoms with Crippen LogP contribution in [0.2, 0.25) is 0 Å². The van der Waals surface area contributed by atoms with Gasteiger partial charge in [-0.3, -0.25) is 13.9 Å². The number of hydrogen-bond donors (Lipinski definition) is 1. The van der Waals surface area contributed by atoms with Crippen LogP contribution in [0.4, 0.5) is 5.69 Å². The molecule has 39 heavy (non-hydrogen) atoms. The minimum atomic E-state index is -3.54. The van der Waals surface area contributed by atoms with E-state index in [0.717, 1.165) is 42.4 Å². The number of carbonyl (C=O) groups excluding carboxylic acids is 2. The van der Waals surface area contributed by atoms with Crippen molar-refractivity contribution in [3.63, 3.8) is 0 Å². The number of nitrogens with zero attached hydrogens (tertiary/aromatic N) is 2. The van der Waals surface area contributed by atoms with Crippen molar-refractivity contribution in [3.05, 3.63) is 59.2 Å². The lowest BCUT2D eigenvalue weighted by Gasteiger charge is -2.31. The van der Waals surface area contributed by atoms with E-state index in [0.29, 0.717) is 17.9 Å². The minimum absolute atomic E-state index is 0.113. The van der Waals surface area contributed by atoms with Gasteiger partial charge < -0.3 is 15.0 Å². The van der Waals surface area contributed by atoms with Gasteiger partial charge in [0.15, 0.2) is 0 Å². The number of benzene rings is 2. The van der Waals surface area contributed by atoms with Crippen LogP contribution in [0, 0.1) is 13.8 Å². The summed E-state index contributed by atoms with van der Waals surface area (Å²) in [6, 6.07) is 12.5. The first-order chi connectivity index (χ1) is 18.5. The molecule has 1 atom stereocenters. The van der Waals surface area contributed by atoms with Gasteiger partial charge in [-0.1, -0.05) is 37.5 Å². The molecule has 0 heterocycles. The van der Waals surface area contributed by atoms with Crippen LogP contribution in [-0.2, 0) is 26.2 Å². The van der Waals surface area contributed by atoms with Crippen molar-refractivity contribution >= 4 is 27.5 Å². The number of sulfonamides is 1. The number of amides is 2. The van der Waals surface area contributed by atoms with E-state index in [2.05, 4.69) is 5.32 Å². The largest absolute Gasteiger partial charge is 0.497 e. The lowest BCUT2D eigenvalue weighted by Crippen LogP contribution is -2.50. The molecule has 0 aromatic heterocycles. The Labute approximate surface area is 233 Å². The number of carbonyl (C=O) groups is 2. The molecule has 2 aromatic carbocycles. The molecule has 1 aliphatic carbocycles. The molecular formula is C30H43N3O5S. The van der Waals surface area contributed by atoms with E-state index in [9.17, 15) is 18.0 Å². The predicted octanol–water partition coefficient (Wildman–Crippen LogP) is 4.72. The van der Waals surface area contributed by atoms with E-state index in [1.807, 2.05) is 50.2 Å². The number of anilines is 1. The van der Waals surface area contributed by atoms with Gasteiger partial charge in [0.2, 0.25) is 21.8 Å². The summed E-state index contributed by atoms with van der Waals surface area (Å²) in [5.41, 5.74) is 3.52. The van der Waals surface area contributed by atoms with Crippen LogP contribution in [0.1, 0.15) is 68.6 Å². The first-order valence-corrected chi connectivity index (χ1v) is 15.6. The molecule has 1 aliphatic rings. The first kappa shape index (κ1) is 30.5. The molecule has 1 unspecified atom stereocenters. The zero-order valence-corrected chi connectivity index (χ0v) is 24.7. The van der Waals surface area contributed by atoms with Crippen LogP contribution in [0.5, 0.6) is 5.75 Å². The van der Waals surface area contributed by atoms with Gasteiger partial charge in [0, 0.05) is 25.6 Å². The Bertz CT molecular complexity index is 1240. The topological polar surface area (TPSA) is 96.0 Å². The number of ether oxygens (including phenoxy) is 1. The monoisotopic (exact) mass is 557 g/mol. The van der Waals surface area contributed by atoms with E-state index >= 15 is 0 Å². The Hall–Kier alpha value is -3.07. The zero-order chi connectivity index (χ0) is 28.6. The Balaban J connectivity index is 1.74. The summed E-state index contributed by atoms with van der Waals surface area (Å²) in [5, 5.41) is 3.14. The van der Waals surface area contributed by atoms with Crippen molar-refractivity contribution in [3.8, 4) is 5.75 Å². The molecule has 2 aromatic rings. The predicted molar refractivity (Wildman–Crippen MR) is 155 cm³/mol. The molecule has 8 nitrogen and oxygen atoms in total. The Morgan fingerprint density at radius 2 is 1.77 bits per heavy atom. The molecular weight excluding hydrogens is 514 g/mol. The van der Waals surface area contributed by atoms with Crippen LogP contribution in [0.3, 0.4) is 0 Å². The summed E-state index contributed by atoms with van der Waals surface area (Å²) in [5.74, 6) is 0.320. The lowest BCUT2D eigenvalue weighted by molar-refractivity contribution is -0.141. The zero-order valence-electron chi connectivity index (χ0n) is 23.9. The van der Waals surface area contributed by atoms with Gasteiger partial charge in [0.1, 0.15) is 11.8 Å². The molecule has 214 valence electrons. The molecule has 0 radical (unpaired) electrons. The van der Waals surface area contributed by atoms with Gasteiger partial charge >= 0.3 is 0 Å². The second-order valence-corrected chi connectivity index (χ2v) is 12.5. The van der Waals surface area contributed by atoms with Crippen molar-refractivity contribution in [2.24, 2.45) is 0 Å². The van der Waals surface area contributed by atoms with Crippen molar-refractivity contribution in [2.45, 2.75) is 84.3 Å². The summed E-state index contributed by atoms with van der Waals surface area (Å²) in [4.78, 5) is 28.4. The molecule has 9 heteroatoms. The van der Waals surface area contributed by atoms with Gasteiger partial charge in [-0.05, 0) is 81.0 Å². The Morgan fingerprint density at radius 3 is 2.41 bits per heavy atom.